The van der Waals surface area contributed by atoms with Gasteiger partial charge in [0.2, 0.25) is 11.8 Å². The molecule has 2 aromatic rings. The van der Waals surface area contributed by atoms with Gasteiger partial charge in [0.15, 0.2) is 0 Å². The van der Waals surface area contributed by atoms with Gasteiger partial charge in [-0.2, -0.15) is 0 Å². The minimum atomic E-state index is -0.523. The van der Waals surface area contributed by atoms with E-state index in [4.69, 9.17) is 9.47 Å². The lowest BCUT2D eigenvalue weighted by Gasteiger charge is -2.31. The van der Waals surface area contributed by atoms with Crippen LogP contribution >= 0.6 is 0 Å². The van der Waals surface area contributed by atoms with Gasteiger partial charge in [-0.05, 0) is 62.8 Å². The maximum Gasteiger partial charge on any atom is 0.258 e. The van der Waals surface area contributed by atoms with Gasteiger partial charge < -0.3 is 29.9 Å². The Balaban J connectivity index is 0.000000270. The minimum absolute atomic E-state index is 0.00408. The number of likely N-dealkylation sites (N-methyl/N-ethyl adjacent to an activating group) is 2. The predicted octanol–water partition coefficient (Wildman–Crippen LogP) is 6.03. The van der Waals surface area contributed by atoms with Gasteiger partial charge in [0.1, 0.15) is 23.6 Å². The molecule has 10 heteroatoms. The van der Waals surface area contributed by atoms with Crippen LogP contribution in [0.15, 0.2) is 72.8 Å². The molecular formula is C40H56N4O6. The molecule has 2 N–H and O–H groups in total. The quantitative estimate of drug-likeness (QED) is 0.372. The van der Waals surface area contributed by atoms with Gasteiger partial charge in [-0.3, -0.25) is 19.2 Å². The molecule has 0 aromatic heterocycles. The van der Waals surface area contributed by atoms with Gasteiger partial charge in [0.05, 0.1) is 23.3 Å². The van der Waals surface area contributed by atoms with Gasteiger partial charge in [0.25, 0.3) is 11.8 Å². The third-order valence-electron chi connectivity index (χ3n) is 8.66. The van der Waals surface area contributed by atoms with Crippen LogP contribution in [0.4, 0.5) is 0 Å². The molecule has 0 spiro atoms. The lowest BCUT2D eigenvalue weighted by molar-refractivity contribution is -0.127. The van der Waals surface area contributed by atoms with Gasteiger partial charge in [0, 0.05) is 40.0 Å². The summed E-state index contributed by atoms with van der Waals surface area (Å²) < 4.78 is 12.0. The SMILES string of the molecule is CC(C)[C@@H]1C(=O)NCC/C=C/C[C@H](C)Oc2ccccc2C(=O)N1C.CC(C)[C@@H]1C(=O)NCC/C=C\C[C@H](C)Oc2ccccc2C(=O)N1C. The van der Waals surface area contributed by atoms with Crippen molar-refractivity contribution in [1.82, 2.24) is 20.4 Å². The van der Waals surface area contributed by atoms with Crippen molar-refractivity contribution in [2.75, 3.05) is 27.2 Å². The number of fused-ring (bicyclic) bond motifs is 2. The number of hydrogen-bond acceptors (Lipinski definition) is 6. The lowest BCUT2D eigenvalue weighted by Crippen LogP contribution is -2.50. The molecule has 2 heterocycles. The highest BCUT2D eigenvalue weighted by molar-refractivity contribution is 6.00. The second-order valence-corrected chi connectivity index (χ2v) is 13.6. The maximum absolute atomic E-state index is 13.0. The van der Waals surface area contributed by atoms with E-state index >= 15 is 0 Å². The maximum atomic E-state index is 13.0. The fourth-order valence-corrected chi connectivity index (χ4v) is 6.08. The van der Waals surface area contributed by atoms with Crippen LogP contribution in [0.3, 0.4) is 0 Å². The van der Waals surface area contributed by atoms with Crippen molar-refractivity contribution in [3.05, 3.63) is 84.0 Å². The molecule has 0 saturated heterocycles. The first kappa shape index (κ1) is 39.8. The number of para-hydroxylation sites is 2. The van der Waals surface area contributed by atoms with Crippen molar-refractivity contribution in [1.29, 1.82) is 0 Å². The van der Waals surface area contributed by atoms with Crippen LogP contribution in [-0.4, -0.2) is 84.9 Å². The monoisotopic (exact) mass is 688 g/mol. The number of amides is 4. The Bertz CT molecular complexity index is 1390. The zero-order valence-electron chi connectivity index (χ0n) is 31.0. The Morgan fingerprint density at radius 2 is 0.960 bits per heavy atom. The third kappa shape index (κ3) is 11.2. The van der Waals surface area contributed by atoms with E-state index in [0.29, 0.717) is 35.7 Å². The highest BCUT2D eigenvalue weighted by Gasteiger charge is 2.33. The van der Waals surface area contributed by atoms with Gasteiger partial charge >= 0.3 is 0 Å². The Morgan fingerprint density at radius 1 is 0.600 bits per heavy atom. The average Bonchev–Trinajstić information content (AvgIpc) is 3.07. The predicted molar refractivity (Wildman–Crippen MR) is 197 cm³/mol. The minimum Gasteiger partial charge on any atom is -0.490 e. The van der Waals surface area contributed by atoms with Gasteiger partial charge in [-0.25, -0.2) is 0 Å². The molecule has 2 aromatic carbocycles. The molecule has 0 saturated carbocycles. The van der Waals surface area contributed by atoms with Crippen molar-refractivity contribution in [3.63, 3.8) is 0 Å². The van der Waals surface area contributed by atoms with Crippen LogP contribution in [0.5, 0.6) is 11.5 Å². The largest absolute Gasteiger partial charge is 0.490 e. The van der Waals surface area contributed by atoms with E-state index in [1.54, 1.807) is 38.4 Å². The van der Waals surface area contributed by atoms with Crippen molar-refractivity contribution in [2.24, 2.45) is 11.8 Å². The van der Waals surface area contributed by atoms with E-state index in [0.717, 1.165) is 25.7 Å². The van der Waals surface area contributed by atoms with Crippen LogP contribution in [0.1, 0.15) is 87.9 Å². The summed E-state index contributed by atoms with van der Waals surface area (Å²) in [5.74, 6) is 0.467. The van der Waals surface area contributed by atoms with Crippen molar-refractivity contribution >= 4 is 23.6 Å². The summed E-state index contributed by atoms with van der Waals surface area (Å²) in [7, 11) is 3.36. The molecule has 0 bridgehead atoms. The summed E-state index contributed by atoms with van der Waals surface area (Å²) >= 11 is 0. The molecule has 272 valence electrons. The fraction of sp³-hybridized carbons (Fsp3) is 0.500. The van der Waals surface area contributed by atoms with Crippen LogP contribution in [0.2, 0.25) is 0 Å². The second kappa shape index (κ2) is 19.6. The van der Waals surface area contributed by atoms with Crippen molar-refractivity contribution < 1.29 is 28.7 Å². The zero-order chi connectivity index (χ0) is 36.8. The molecule has 2 aliphatic rings. The van der Waals surface area contributed by atoms with E-state index in [2.05, 4.69) is 34.9 Å². The molecule has 0 aliphatic carbocycles. The first-order chi connectivity index (χ1) is 23.8. The molecule has 4 rings (SSSR count). The average molecular weight is 689 g/mol. The summed E-state index contributed by atoms with van der Waals surface area (Å²) in [5.41, 5.74) is 0.965. The highest BCUT2D eigenvalue weighted by atomic mass is 16.5. The summed E-state index contributed by atoms with van der Waals surface area (Å²) in [5, 5.41) is 5.88. The number of ether oxygens (including phenoxy) is 2. The van der Waals surface area contributed by atoms with Crippen LogP contribution in [0.25, 0.3) is 0 Å². The summed E-state index contributed by atoms with van der Waals surface area (Å²) in [4.78, 5) is 54.3. The number of nitrogens with zero attached hydrogens (tertiary/aromatic N) is 2. The molecule has 10 nitrogen and oxygen atoms in total. The van der Waals surface area contributed by atoms with Crippen molar-refractivity contribution in [2.45, 2.75) is 91.5 Å². The molecule has 0 radical (unpaired) electrons. The lowest BCUT2D eigenvalue weighted by atomic mass is 10.0. The Labute approximate surface area is 298 Å². The molecular weight excluding hydrogens is 632 g/mol. The molecule has 0 unspecified atom stereocenters. The first-order valence-corrected chi connectivity index (χ1v) is 17.7. The van der Waals surface area contributed by atoms with Gasteiger partial charge in [-0.1, -0.05) is 76.3 Å². The van der Waals surface area contributed by atoms with Crippen LogP contribution in [0, 0.1) is 11.8 Å². The van der Waals surface area contributed by atoms with E-state index in [-0.39, 0.29) is 47.7 Å². The topological polar surface area (TPSA) is 117 Å². The Hall–Kier alpha value is -4.60. The number of carbonyl (C=O) groups is 4. The molecule has 2 aliphatic heterocycles. The number of nitrogens with one attached hydrogen (secondary N) is 2. The third-order valence-corrected chi connectivity index (χ3v) is 8.66. The van der Waals surface area contributed by atoms with E-state index < -0.39 is 12.1 Å². The normalized spacial score (nSPS) is 24.1. The fourth-order valence-electron chi connectivity index (χ4n) is 6.08. The van der Waals surface area contributed by atoms with E-state index in [9.17, 15) is 19.2 Å². The number of carbonyl (C=O) groups excluding carboxylic acids is 4. The first-order valence-electron chi connectivity index (χ1n) is 17.7. The molecule has 50 heavy (non-hydrogen) atoms. The highest BCUT2D eigenvalue weighted by Crippen LogP contribution is 2.25. The summed E-state index contributed by atoms with van der Waals surface area (Å²) in [6, 6.07) is 13.4. The second-order valence-electron chi connectivity index (χ2n) is 13.6. The molecule has 0 fully saturated rings. The van der Waals surface area contributed by atoms with Crippen molar-refractivity contribution in [3.8, 4) is 11.5 Å². The standard InChI is InChI=1S/2C20H28N2O3/c2*1-14(2)18-19(23)21-13-9-5-6-10-15(3)25-17-12-8-7-11-16(17)20(24)22(18)4/h2*5-8,11-12,14-15,18H,9-10,13H2,1-4H3,(H,21,23)/b6-5+;6-5-/t2*15-,18+/m00/s1. The number of benzene rings is 2. The van der Waals surface area contributed by atoms with E-state index in [1.165, 1.54) is 9.80 Å². The van der Waals surface area contributed by atoms with Crippen LogP contribution in [-0.2, 0) is 9.59 Å². The summed E-state index contributed by atoms with van der Waals surface area (Å²) in [6.45, 7) is 12.9. The van der Waals surface area contributed by atoms with Gasteiger partial charge in [-0.15, -0.1) is 0 Å². The summed E-state index contributed by atoms with van der Waals surface area (Å²) in [6.07, 6.45) is 11.2. The number of rotatable bonds is 2. The zero-order valence-corrected chi connectivity index (χ0v) is 31.0. The Kier molecular flexibility index (Phi) is 15.6. The smallest absolute Gasteiger partial charge is 0.258 e. The molecule has 4 amide bonds. The Morgan fingerprint density at radius 3 is 1.32 bits per heavy atom. The number of hydrogen-bond donors (Lipinski definition) is 2. The molecule has 4 atom stereocenters. The van der Waals surface area contributed by atoms with E-state index in [1.807, 2.05) is 65.8 Å². The van der Waals surface area contributed by atoms with Crippen LogP contribution < -0.4 is 20.1 Å².